The van der Waals surface area contributed by atoms with Crippen molar-refractivity contribution in [3.8, 4) is 5.75 Å². The fraction of sp³-hybridized carbons (Fsp3) is 0.333. The number of carbonyl (C=O) groups excluding carboxylic acids is 2. The number of rotatable bonds is 9. The number of halogens is 2. The lowest BCUT2D eigenvalue weighted by Gasteiger charge is -2.30. The van der Waals surface area contributed by atoms with E-state index in [1.807, 2.05) is 50.2 Å². The molecule has 0 saturated heterocycles. The minimum Gasteiger partial charge on any atom is -0.484 e. The smallest absolute Gasteiger partial charge is 0.261 e. The molecule has 2 rings (SSSR count). The minimum absolute atomic E-state index is 0.135. The predicted octanol–water partition coefficient (Wildman–Crippen LogP) is 4.27. The van der Waals surface area contributed by atoms with E-state index in [9.17, 15) is 9.59 Å². The SMILES string of the molecule is CCNC(=O)[C@H](CC)N(Cc1ccc(Cl)cc1)C(=O)COc1ccc(I)cc1. The summed E-state index contributed by atoms with van der Waals surface area (Å²) in [4.78, 5) is 27.0. The van der Waals surface area contributed by atoms with Crippen LogP contribution < -0.4 is 10.1 Å². The van der Waals surface area contributed by atoms with Gasteiger partial charge in [0.15, 0.2) is 6.61 Å². The van der Waals surface area contributed by atoms with E-state index >= 15 is 0 Å². The summed E-state index contributed by atoms with van der Waals surface area (Å²) < 4.78 is 6.73. The van der Waals surface area contributed by atoms with Crippen LogP contribution in [0.5, 0.6) is 5.75 Å². The monoisotopic (exact) mass is 514 g/mol. The van der Waals surface area contributed by atoms with Crippen molar-refractivity contribution >= 4 is 46.0 Å². The van der Waals surface area contributed by atoms with E-state index in [1.54, 1.807) is 17.0 Å². The van der Waals surface area contributed by atoms with Crippen molar-refractivity contribution in [1.29, 1.82) is 0 Å². The lowest BCUT2D eigenvalue weighted by Crippen LogP contribution is -2.50. The van der Waals surface area contributed by atoms with E-state index < -0.39 is 6.04 Å². The van der Waals surface area contributed by atoms with Crippen LogP contribution in [0.2, 0.25) is 5.02 Å². The molecule has 0 aliphatic carbocycles. The first-order valence-electron chi connectivity index (χ1n) is 9.14. The van der Waals surface area contributed by atoms with Crippen molar-refractivity contribution in [2.75, 3.05) is 13.2 Å². The van der Waals surface area contributed by atoms with Crippen LogP contribution in [0.3, 0.4) is 0 Å². The van der Waals surface area contributed by atoms with Gasteiger partial charge in [-0.1, -0.05) is 30.7 Å². The van der Waals surface area contributed by atoms with E-state index in [4.69, 9.17) is 16.3 Å². The highest BCUT2D eigenvalue weighted by Crippen LogP contribution is 2.17. The fourth-order valence-electron chi connectivity index (χ4n) is 2.76. The molecule has 0 radical (unpaired) electrons. The minimum atomic E-state index is -0.566. The number of carbonyl (C=O) groups is 2. The Hall–Kier alpha value is -1.80. The molecular formula is C21H24ClIN2O3. The fourth-order valence-corrected chi connectivity index (χ4v) is 3.24. The molecule has 150 valence electrons. The first-order chi connectivity index (χ1) is 13.4. The highest BCUT2D eigenvalue weighted by molar-refractivity contribution is 14.1. The molecular weight excluding hydrogens is 491 g/mol. The maximum absolute atomic E-state index is 13.0. The molecule has 0 unspecified atom stereocenters. The quantitative estimate of drug-likeness (QED) is 0.509. The van der Waals surface area contributed by atoms with Gasteiger partial charge in [-0.05, 0) is 77.9 Å². The highest BCUT2D eigenvalue weighted by Gasteiger charge is 2.28. The van der Waals surface area contributed by atoms with Crippen molar-refractivity contribution < 1.29 is 14.3 Å². The van der Waals surface area contributed by atoms with E-state index in [-0.39, 0.29) is 18.4 Å². The van der Waals surface area contributed by atoms with Gasteiger partial charge in [-0.15, -0.1) is 0 Å². The summed E-state index contributed by atoms with van der Waals surface area (Å²) in [6, 6.07) is 14.1. The summed E-state index contributed by atoms with van der Waals surface area (Å²) in [7, 11) is 0. The predicted molar refractivity (Wildman–Crippen MR) is 119 cm³/mol. The van der Waals surface area contributed by atoms with Gasteiger partial charge in [-0.25, -0.2) is 0 Å². The first-order valence-corrected chi connectivity index (χ1v) is 10.6. The van der Waals surface area contributed by atoms with Gasteiger partial charge in [-0.3, -0.25) is 9.59 Å². The Labute approximate surface area is 184 Å². The van der Waals surface area contributed by atoms with Gasteiger partial charge in [0.2, 0.25) is 5.91 Å². The van der Waals surface area contributed by atoms with Crippen molar-refractivity contribution in [3.63, 3.8) is 0 Å². The molecule has 1 N–H and O–H groups in total. The van der Waals surface area contributed by atoms with Crippen LogP contribution in [0.15, 0.2) is 48.5 Å². The summed E-state index contributed by atoms with van der Waals surface area (Å²) in [5.41, 5.74) is 0.898. The average Bonchev–Trinajstić information content (AvgIpc) is 2.69. The number of likely N-dealkylation sites (N-methyl/N-ethyl adjacent to an activating group) is 1. The van der Waals surface area contributed by atoms with Gasteiger partial charge < -0.3 is 15.0 Å². The summed E-state index contributed by atoms with van der Waals surface area (Å²) >= 11 is 8.16. The zero-order valence-electron chi connectivity index (χ0n) is 16.0. The van der Waals surface area contributed by atoms with Crippen LogP contribution in [0, 0.1) is 3.57 Å². The molecule has 2 aromatic rings. The zero-order chi connectivity index (χ0) is 20.5. The zero-order valence-corrected chi connectivity index (χ0v) is 18.9. The van der Waals surface area contributed by atoms with E-state index in [0.29, 0.717) is 30.3 Å². The molecule has 0 aliphatic rings. The normalized spacial score (nSPS) is 11.6. The summed E-state index contributed by atoms with van der Waals surface area (Å²) in [5, 5.41) is 3.44. The van der Waals surface area contributed by atoms with Crippen LogP contribution >= 0.6 is 34.2 Å². The lowest BCUT2D eigenvalue weighted by atomic mass is 10.1. The number of nitrogens with one attached hydrogen (secondary N) is 1. The molecule has 7 heteroatoms. The van der Waals surface area contributed by atoms with Crippen molar-refractivity contribution in [3.05, 3.63) is 62.7 Å². The second-order valence-electron chi connectivity index (χ2n) is 6.21. The number of hydrogen-bond donors (Lipinski definition) is 1. The summed E-state index contributed by atoms with van der Waals surface area (Å²) in [5.74, 6) is 0.208. The van der Waals surface area contributed by atoms with E-state index in [2.05, 4.69) is 27.9 Å². The second-order valence-corrected chi connectivity index (χ2v) is 7.89. The Morgan fingerprint density at radius 3 is 2.32 bits per heavy atom. The maximum Gasteiger partial charge on any atom is 0.261 e. The van der Waals surface area contributed by atoms with Crippen LogP contribution in [-0.2, 0) is 16.1 Å². The Balaban J connectivity index is 2.16. The molecule has 28 heavy (non-hydrogen) atoms. The Kier molecular flexibility index (Phi) is 9.05. The molecule has 5 nitrogen and oxygen atoms in total. The molecule has 0 saturated carbocycles. The van der Waals surface area contributed by atoms with Crippen LogP contribution in [-0.4, -0.2) is 35.9 Å². The largest absolute Gasteiger partial charge is 0.484 e. The lowest BCUT2D eigenvalue weighted by molar-refractivity contribution is -0.142. The van der Waals surface area contributed by atoms with Crippen molar-refractivity contribution in [2.24, 2.45) is 0 Å². The van der Waals surface area contributed by atoms with Gasteiger partial charge >= 0.3 is 0 Å². The Bertz CT molecular complexity index is 781. The summed E-state index contributed by atoms with van der Waals surface area (Å²) in [6.07, 6.45) is 0.509. The number of amides is 2. The maximum atomic E-state index is 13.0. The third kappa shape index (κ3) is 6.67. The van der Waals surface area contributed by atoms with Crippen molar-refractivity contribution in [1.82, 2.24) is 10.2 Å². The third-order valence-electron chi connectivity index (χ3n) is 4.18. The second kappa shape index (κ2) is 11.3. The molecule has 2 amide bonds. The molecule has 1 atom stereocenters. The molecule has 0 spiro atoms. The van der Waals surface area contributed by atoms with Crippen LogP contribution in [0.1, 0.15) is 25.8 Å². The van der Waals surface area contributed by atoms with Gasteiger partial charge in [0.25, 0.3) is 5.91 Å². The topological polar surface area (TPSA) is 58.6 Å². The van der Waals surface area contributed by atoms with Gasteiger partial charge in [0, 0.05) is 21.7 Å². The Morgan fingerprint density at radius 1 is 1.11 bits per heavy atom. The first kappa shape index (κ1) is 22.5. The van der Waals surface area contributed by atoms with Gasteiger partial charge in [-0.2, -0.15) is 0 Å². The molecule has 0 bridgehead atoms. The number of nitrogens with zero attached hydrogens (tertiary/aromatic N) is 1. The van der Waals surface area contributed by atoms with Crippen LogP contribution in [0.4, 0.5) is 0 Å². The van der Waals surface area contributed by atoms with E-state index in [0.717, 1.165) is 9.13 Å². The number of hydrogen-bond acceptors (Lipinski definition) is 3. The van der Waals surface area contributed by atoms with Crippen LogP contribution in [0.25, 0.3) is 0 Å². The molecule has 0 aromatic heterocycles. The summed E-state index contributed by atoms with van der Waals surface area (Å²) in [6.45, 7) is 4.43. The molecule has 0 aliphatic heterocycles. The van der Waals surface area contributed by atoms with Crippen molar-refractivity contribution in [2.45, 2.75) is 32.9 Å². The van der Waals surface area contributed by atoms with Gasteiger partial charge in [0.1, 0.15) is 11.8 Å². The molecule has 0 heterocycles. The molecule has 2 aromatic carbocycles. The van der Waals surface area contributed by atoms with E-state index in [1.165, 1.54) is 0 Å². The average molecular weight is 515 g/mol. The van der Waals surface area contributed by atoms with Gasteiger partial charge in [0.05, 0.1) is 0 Å². The molecule has 0 fully saturated rings. The Morgan fingerprint density at radius 2 is 1.75 bits per heavy atom. The number of benzene rings is 2. The number of ether oxygens (including phenoxy) is 1. The highest BCUT2D eigenvalue weighted by atomic mass is 127. The third-order valence-corrected chi connectivity index (χ3v) is 5.15. The standard InChI is InChI=1S/C21H24ClIN2O3/c1-3-19(21(27)24-4-2)25(13-15-5-7-16(22)8-6-15)20(26)14-28-18-11-9-17(23)10-12-18/h5-12,19H,3-4,13-14H2,1-2H3,(H,24,27)/t19-/m0/s1.